The molecule has 3 nitrogen and oxygen atoms in total. The Balaban J connectivity index is 0.000000858. The summed E-state index contributed by atoms with van der Waals surface area (Å²) in [5.41, 5.74) is 0.495. The molecule has 0 aromatic carbocycles. The van der Waals surface area contributed by atoms with Crippen LogP contribution in [0.5, 0.6) is 0 Å². The van der Waals surface area contributed by atoms with Crippen LogP contribution in [0.1, 0.15) is 105 Å². The lowest BCUT2D eigenvalue weighted by molar-refractivity contribution is -0.129. The largest absolute Gasteiger partial charge is 0.393 e. The van der Waals surface area contributed by atoms with Gasteiger partial charge in [-0.1, -0.05) is 20.8 Å². The van der Waals surface area contributed by atoms with Gasteiger partial charge in [0.2, 0.25) is 0 Å². The van der Waals surface area contributed by atoms with Crippen LogP contribution in [-0.2, 0) is 4.74 Å². The topological polar surface area (TPSA) is 49.7 Å². The molecule has 4 rings (SSSR count). The van der Waals surface area contributed by atoms with Gasteiger partial charge < -0.3 is 14.9 Å². The number of aliphatic hydroxyl groups is 2. The predicted octanol–water partition coefficient (Wildman–Crippen LogP) is 6.46. The number of fused-ring (bicyclic) bond motifs is 5. The molecule has 0 radical (unpaired) electrons. The Morgan fingerprint density at radius 3 is 2.19 bits per heavy atom. The third kappa shape index (κ3) is 5.04. The van der Waals surface area contributed by atoms with Crippen LogP contribution in [0.25, 0.3) is 0 Å². The molecule has 4 saturated carbocycles. The maximum absolute atomic E-state index is 10.2. The first-order chi connectivity index (χ1) is 14.5. The second-order valence-electron chi connectivity index (χ2n) is 13.1. The maximum Gasteiger partial charge on any atom is 0.0591 e. The minimum atomic E-state index is -0.524. The summed E-state index contributed by atoms with van der Waals surface area (Å²) < 4.78 is 4.25. The minimum Gasteiger partial charge on any atom is -0.393 e. The molecule has 0 saturated heterocycles. The number of aliphatic hydroxyl groups excluding tert-OH is 1. The fourth-order valence-corrected chi connectivity index (χ4v) is 8.99. The molecule has 2 N–H and O–H groups in total. The summed E-state index contributed by atoms with van der Waals surface area (Å²) in [5, 5.41) is 20.4. The smallest absolute Gasteiger partial charge is 0.0591 e. The first-order valence-electron chi connectivity index (χ1n) is 13.3. The van der Waals surface area contributed by atoms with E-state index in [0.29, 0.717) is 10.8 Å². The highest BCUT2D eigenvalue weighted by molar-refractivity contribution is 5.09. The molecule has 0 heterocycles. The monoisotopic (exact) mass is 436 g/mol. The Bertz CT molecular complexity index is 583. The summed E-state index contributed by atoms with van der Waals surface area (Å²) >= 11 is 0. The van der Waals surface area contributed by atoms with E-state index in [4.69, 9.17) is 0 Å². The van der Waals surface area contributed by atoms with Gasteiger partial charge in [-0.05, 0) is 131 Å². The zero-order valence-electron chi connectivity index (χ0n) is 21.6. The molecule has 4 aliphatic rings. The molecule has 4 aliphatic carbocycles. The minimum absolute atomic E-state index is 0.0315. The second kappa shape index (κ2) is 9.63. The van der Waals surface area contributed by atoms with Crippen LogP contribution in [0.3, 0.4) is 0 Å². The van der Waals surface area contributed by atoms with Crippen LogP contribution < -0.4 is 0 Å². The standard InChI is InChI=1S/C26H46O2.C2H6O/c1-17(10-13-24(2,3)28)21-8-9-22-20-7-6-18-16-19(27)11-14-25(18,4)23(20)12-15-26(21,22)5;1-3-2/h17-23,27-28H,6-16H2,1-5H3;1-2H3/t17-,18?,19?,20?,21?,22?,23?,25?,26?;/m1./s1. The molecule has 3 heteroatoms. The van der Waals surface area contributed by atoms with E-state index >= 15 is 0 Å². The maximum atomic E-state index is 10.2. The molecule has 0 bridgehead atoms. The molecule has 0 aromatic rings. The average Bonchev–Trinajstić information content (AvgIpc) is 3.04. The van der Waals surface area contributed by atoms with E-state index in [-0.39, 0.29) is 6.10 Å². The summed E-state index contributed by atoms with van der Waals surface area (Å²) in [6.45, 7) is 11.6. The average molecular weight is 437 g/mol. The van der Waals surface area contributed by atoms with Crippen molar-refractivity contribution in [2.45, 2.75) is 117 Å². The van der Waals surface area contributed by atoms with Gasteiger partial charge in [0.05, 0.1) is 11.7 Å². The summed E-state index contributed by atoms with van der Waals surface area (Å²) in [4.78, 5) is 0. The van der Waals surface area contributed by atoms with Gasteiger partial charge in [0.1, 0.15) is 0 Å². The van der Waals surface area contributed by atoms with E-state index in [2.05, 4.69) is 25.5 Å². The van der Waals surface area contributed by atoms with E-state index in [0.717, 1.165) is 54.8 Å². The third-order valence-electron chi connectivity index (χ3n) is 10.6. The van der Waals surface area contributed by atoms with Crippen LogP contribution in [0.15, 0.2) is 0 Å². The van der Waals surface area contributed by atoms with E-state index < -0.39 is 5.60 Å². The number of hydrogen-bond donors (Lipinski definition) is 2. The highest BCUT2D eigenvalue weighted by Crippen LogP contribution is 2.68. The van der Waals surface area contributed by atoms with E-state index in [9.17, 15) is 10.2 Å². The molecule has 0 aliphatic heterocycles. The van der Waals surface area contributed by atoms with E-state index in [1.54, 1.807) is 14.2 Å². The SMILES string of the molecule is COC.C[C@H](CCC(C)(C)O)C1CCC2C3CCC4CC(O)CCC4(C)C3CCC21C. The lowest BCUT2D eigenvalue weighted by Crippen LogP contribution is -2.54. The van der Waals surface area contributed by atoms with Crippen LogP contribution in [0.4, 0.5) is 0 Å². The van der Waals surface area contributed by atoms with Crippen LogP contribution in [0, 0.1) is 46.3 Å². The van der Waals surface area contributed by atoms with Gasteiger partial charge in [-0.25, -0.2) is 0 Å². The van der Waals surface area contributed by atoms with Gasteiger partial charge in [0, 0.05) is 14.2 Å². The Hall–Kier alpha value is -0.120. The molecule has 9 atom stereocenters. The quantitative estimate of drug-likeness (QED) is 0.532. The molecular formula is C28H52O3. The number of methoxy groups -OCH3 is 1. The van der Waals surface area contributed by atoms with Crippen LogP contribution >= 0.6 is 0 Å². The van der Waals surface area contributed by atoms with Crippen molar-refractivity contribution in [1.29, 1.82) is 0 Å². The first kappa shape index (κ1) is 25.5. The molecule has 0 aromatic heterocycles. The molecule has 8 unspecified atom stereocenters. The van der Waals surface area contributed by atoms with Gasteiger partial charge >= 0.3 is 0 Å². The molecule has 0 spiro atoms. The Kier molecular flexibility index (Phi) is 7.92. The zero-order valence-corrected chi connectivity index (χ0v) is 21.6. The molecule has 31 heavy (non-hydrogen) atoms. The Labute approximate surface area is 192 Å². The van der Waals surface area contributed by atoms with Crippen molar-refractivity contribution >= 4 is 0 Å². The van der Waals surface area contributed by atoms with Crippen LogP contribution in [0.2, 0.25) is 0 Å². The normalized spacial score (nSPS) is 45.6. The van der Waals surface area contributed by atoms with Crippen molar-refractivity contribution in [3.8, 4) is 0 Å². The predicted molar refractivity (Wildman–Crippen MR) is 129 cm³/mol. The van der Waals surface area contributed by atoms with Crippen molar-refractivity contribution < 1.29 is 14.9 Å². The highest BCUT2D eigenvalue weighted by Gasteiger charge is 2.60. The number of rotatable bonds is 4. The fourth-order valence-electron chi connectivity index (χ4n) is 8.99. The van der Waals surface area contributed by atoms with Gasteiger partial charge in [-0.2, -0.15) is 0 Å². The van der Waals surface area contributed by atoms with Gasteiger partial charge in [0.25, 0.3) is 0 Å². The summed E-state index contributed by atoms with van der Waals surface area (Å²) in [6.07, 6.45) is 13.9. The van der Waals surface area contributed by atoms with Gasteiger partial charge in [0.15, 0.2) is 0 Å². The first-order valence-corrected chi connectivity index (χ1v) is 13.3. The second-order valence-corrected chi connectivity index (χ2v) is 13.1. The van der Waals surface area contributed by atoms with Gasteiger partial charge in [-0.3, -0.25) is 0 Å². The van der Waals surface area contributed by atoms with Gasteiger partial charge in [-0.15, -0.1) is 0 Å². The lowest BCUT2D eigenvalue weighted by Gasteiger charge is -2.61. The van der Waals surface area contributed by atoms with E-state index in [1.807, 2.05) is 13.8 Å². The van der Waals surface area contributed by atoms with Crippen LogP contribution in [-0.4, -0.2) is 36.1 Å². The summed E-state index contributed by atoms with van der Waals surface area (Å²) in [7, 11) is 3.25. The highest BCUT2D eigenvalue weighted by atomic mass is 16.4. The van der Waals surface area contributed by atoms with Crippen molar-refractivity contribution in [2.24, 2.45) is 46.3 Å². The summed E-state index contributed by atoms with van der Waals surface area (Å²) in [6, 6.07) is 0. The van der Waals surface area contributed by atoms with Crippen molar-refractivity contribution in [3.63, 3.8) is 0 Å². The molecule has 4 fully saturated rings. The van der Waals surface area contributed by atoms with Crippen molar-refractivity contribution in [1.82, 2.24) is 0 Å². The zero-order chi connectivity index (χ0) is 23.0. The van der Waals surface area contributed by atoms with Crippen molar-refractivity contribution in [3.05, 3.63) is 0 Å². The van der Waals surface area contributed by atoms with Crippen molar-refractivity contribution in [2.75, 3.05) is 14.2 Å². The Morgan fingerprint density at radius 1 is 0.935 bits per heavy atom. The lowest BCUT2D eigenvalue weighted by atomic mass is 9.44. The summed E-state index contributed by atoms with van der Waals surface area (Å²) in [5.74, 6) is 5.11. The number of hydrogen-bond acceptors (Lipinski definition) is 3. The van der Waals surface area contributed by atoms with E-state index in [1.165, 1.54) is 51.4 Å². The fraction of sp³-hybridized carbons (Fsp3) is 1.00. The molecular weight excluding hydrogens is 384 g/mol. The molecule has 0 amide bonds. The molecule has 182 valence electrons. The third-order valence-corrected chi connectivity index (χ3v) is 10.6. The Morgan fingerprint density at radius 2 is 1.55 bits per heavy atom. The number of ether oxygens (including phenoxy) is 1.